The van der Waals surface area contributed by atoms with Crippen LogP contribution in [0.1, 0.15) is 17.3 Å². The van der Waals surface area contributed by atoms with Gasteiger partial charge in [-0.2, -0.15) is 0 Å². The molecule has 1 aromatic heterocycles. The minimum Gasteiger partial charge on any atom is -0.490 e. The van der Waals surface area contributed by atoms with E-state index >= 15 is 0 Å². The third kappa shape index (κ3) is 4.01. The molecular weight excluding hydrogens is 338 g/mol. The second kappa shape index (κ2) is 7.17. The largest absolute Gasteiger partial charge is 0.490 e. The standard InChI is InChI=1S/C15H16BrNO4/c1-2-20-12-5-3-4-6-13(12)21-8-7-17-10-11(15(18)19)9-14(17)16/h3-6,9-10H,2,7-8H2,1H3,(H,18,19). The normalized spacial score (nSPS) is 10.4. The lowest BCUT2D eigenvalue weighted by atomic mass is 10.3. The van der Waals surface area contributed by atoms with E-state index in [9.17, 15) is 4.79 Å². The summed E-state index contributed by atoms with van der Waals surface area (Å²) in [6.07, 6.45) is 1.57. The fourth-order valence-corrected chi connectivity index (χ4v) is 2.39. The van der Waals surface area contributed by atoms with Crippen LogP contribution in [0.25, 0.3) is 0 Å². The van der Waals surface area contributed by atoms with Crippen molar-refractivity contribution in [3.05, 3.63) is 46.7 Å². The van der Waals surface area contributed by atoms with Gasteiger partial charge in [0.25, 0.3) is 0 Å². The molecule has 0 atom stereocenters. The number of aromatic nitrogens is 1. The zero-order valence-corrected chi connectivity index (χ0v) is 13.2. The van der Waals surface area contributed by atoms with E-state index in [-0.39, 0.29) is 5.56 Å². The van der Waals surface area contributed by atoms with E-state index in [0.717, 1.165) is 0 Å². The molecule has 0 aliphatic rings. The number of hydrogen-bond donors (Lipinski definition) is 1. The molecule has 1 aromatic carbocycles. The summed E-state index contributed by atoms with van der Waals surface area (Å²) >= 11 is 3.33. The molecule has 1 heterocycles. The van der Waals surface area contributed by atoms with Crippen LogP contribution in [0.5, 0.6) is 11.5 Å². The van der Waals surface area contributed by atoms with Crippen LogP contribution in [0.3, 0.4) is 0 Å². The topological polar surface area (TPSA) is 60.7 Å². The van der Waals surface area contributed by atoms with Crippen LogP contribution < -0.4 is 9.47 Å². The maximum absolute atomic E-state index is 10.9. The van der Waals surface area contributed by atoms with Gasteiger partial charge in [-0.25, -0.2) is 4.79 Å². The zero-order valence-electron chi connectivity index (χ0n) is 11.6. The van der Waals surface area contributed by atoms with Crippen LogP contribution in [0.2, 0.25) is 0 Å². The van der Waals surface area contributed by atoms with Crippen molar-refractivity contribution >= 4 is 21.9 Å². The lowest BCUT2D eigenvalue weighted by molar-refractivity contribution is 0.0696. The molecule has 0 saturated heterocycles. The lowest BCUT2D eigenvalue weighted by Crippen LogP contribution is -2.08. The number of ether oxygens (including phenoxy) is 2. The van der Waals surface area contributed by atoms with E-state index in [4.69, 9.17) is 14.6 Å². The molecule has 21 heavy (non-hydrogen) atoms. The number of nitrogens with zero attached hydrogens (tertiary/aromatic N) is 1. The fourth-order valence-electron chi connectivity index (χ4n) is 1.86. The average molecular weight is 354 g/mol. The van der Waals surface area contributed by atoms with Crippen molar-refractivity contribution in [2.45, 2.75) is 13.5 Å². The van der Waals surface area contributed by atoms with Crippen molar-refractivity contribution in [3.63, 3.8) is 0 Å². The summed E-state index contributed by atoms with van der Waals surface area (Å²) in [7, 11) is 0. The third-order valence-electron chi connectivity index (χ3n) is 2.83. The number of carboxylic acid groups (broad SMARTS) is 1. The summed E-state index contributed by atoms with van der Waals surface area (Å²) in [5.41, 5.74) is 0.247. The number of carbonyl (C=O) groups is 1. The fraction of sp³-hybridized carbons (Fsp3) is 0.267. The number of aromatic carboxylic acids is 1. The molecule has 2 aromatic rings. The molecule has 0 aliphatic carbocycles. The molecule has 0 saturated carbocycles. The van der Waals surface area contributed by atoms with Crippen LogP contribution in [0, 0.1) is 0 Å². The molecule has 0 aliphatic heterocycles. The molecule has 6 heteroatoms. The van der Waals surface area contributed by atoms with Crippen LogP contribution in [0.15, 0.2) is 41.1 Å². The first kappa shape index (κ1) is 15.4. The molecule has 0 radical (unpaired) electrons. The van der Waals surface area contributed by atoms with E-state index in [1.54, 1.807) is 16.8 Å². The van der Waals surface area contributed by atoms with Crippen molar-refractivity contribution in [1.82, 2.24) is 4.57 Å². The Kier molecular flexibility index (Phi) is 5.27. The second-order valence-corrected chi connectivity index (χ2v) is 5.09. The van der Waals surface area contributed by atoms with Crippen molar-refractivity contribution in [1.29, 1.82) is 0 Å². The maximum atomic E-state index is 10.9. The summed E-state index contributed by atoms with van der Waals surface area (Å²) in [6.45, 7) is 3.44. The highest BCUT2D eigenvalue weighted by atomic mass is 79.9. The van der Waals surface area contributed by atoms with E-state index in [0.29, 0.717) is 35.9 Å². The van der Waals surface area contributed by atoms with E-state index in [2.05, 4.69) is 15.9 Å². The monoisotopic (exact) mass is 353 g/mol. The summed E-state index contributed by atoms with van der Waals surface area (Å²) in [4.78, 5) is 10.9. The Morgan fingerprint density at radius 1 is 1.29 bits per heavy atom. The first-order chi connectivity index (χ1) is 10.1. The van der Waals surface area contributed by atoms with Crippen molar-refractivity contribution in [2.75, 3.05) is 13.2 Å². The maximum Gasteiger partial charge on any atom is 0.337 e. The van der Waals surface area contributed by atoms with Crippen molar-refractivity contribution in [3.8, 4) is 11.5 Å². The smallest absolute Gasteiger partial charge is 0.337 e. The third-order valence-corrected chi connectivity index (χ3v) is 3.51. The van der Waals surface area contributed by atoms with Gasteiger partial charge in [0.15, 0.2) is 11.5 Å². The number of hydrogen-bond acceptors (Lipinski definition) is 3. The van der Waals surface area contributed by atoms with E-state index in [1.165, 1.54) is 0 Å². The van der Waals surface area contributed by atoms with Gasteiger partial charge in [-0.3, -0.25) is 0 Å². The number of halogens is 1. The van der Waals surface area contributed by atoms with Gasteiger partial charge >= 0.3 is 5.97 Å². The molecule has 2 rings (SSSR count). The Hall–Kier alpha value is -1.95. The van der Waals surface area contributed by atoms with Gasteiger partial charge in [-0.05, 0) is 41.1 Å². The highest BCUT2D eigenvalue weighted by molar-refractivity contribution is 9.10. The Morgan fingerprint density at radius 3 is 2.52 bits per heavy atom. The van der Waals surface area contributed by atoms with Gasteiger partial charge in [-0.1, -0.05) is 12.1 Å². The van der Waals surface area contributed by atoms with Crippen LogP contribution in [0.4, 0.5) is 0 Å². The van der Waals surface area contributed by atoms with Crippen molar-refractivity contribution in [2.24, 2.45) is 0 Å². The highest BCUT2D eigenvalue weighted by Gasteiger charge is 2.09. The minimum absolute atomic E-state index is 0.247. The second-order valence-electron chi connectivity index (χ2n) is 4.28. The highest BCUT2D eigenvalue weighted by Crippen LogP contribution is 2.26. The lowest BCUT2D eigenvalue weighted by Gasteiger charge is -2.12. The van der Waals surface area contributed by atoms with Crippen LogP contribution >= 0.6 is 15.9 Å². The first-order valence-corrected chi connectivity index (χ1v) is 7.34. The van der Waals surface area contributed by atoms with E-state index < -0.39 is 5.97 Å². The SMILES string of the molecule is CCOc1ccccc1OCCn1cc(C(=O)O)cc1Br. The summed E-state index contributed by atoms with van der Waals surface area (Å²) in [5, 5.41) is 8.94. The minimum atomic E-state index is -0.947. The number of carboxylic acids is 1. The first-order valence-electron chi connectivity index (χ1n) is 6.55. The number of rotatable bonds is 7. The number of benzene rings is 1. The summed E-state index contributed by atoms with van der Waals surface area (Å²) in [5.74, 6) is 0.441. The van der Waals surface area contributed by atoms with Gasteiger partial charge < -0.3 is 19.1 Å². The van der Waals surface area contributed by atoms with Gasteiger partial charge in [0.05, 0.1) is 23.3 Å². The van der Waals surface area contributed by atoms with Gasteiger partial charge in [0.2, 0.25) is 0 Å². The predicted molar refractivity (Wildman–Crippen MR) is 82.2 cm³/mol. The average Bonchev–Trinajstić information content (AvgIpc) is 2.83. The summed E-state index contributed by atoms with van der Waals surface area (Å²) in [6, 6.07) is 9.03. The quantitative estimate of drug-likeness (QED) is 0.828. The molecule has 0 unspecified atom stereocenters. The molecule has 0 bridgehead atoms. The Balaban J connectivity index is 1.97. The molecule has 112 valence electrons. The Morgan fingerprint density at radius 2 is 1.95 bits per heavy atom. The Labute approximate surface area is 131 Å². The molecule has 1 N–H and O–H groups in total. The molecule has 5 nitrogen and oxygen atoms in total. The number of para-hydroxylation sites is 2. The molecule has 0 amide bonds. The van der Waals surface area contributed by atoms with Gasteiger partial charge in [0, 0.05) is 6.20 Å². The molecular formula is C15H16BrNO4. The zero-order chi connectivity index (χ0) is 15.2. The van der Waals surface area contributed by atoms with E-state index in [1.807, 2.05) is 31.2 Å². The van der Waals surface area contributed by atoms with Crippen LogP contribution in [-0.4, -0.2) is 28.9 Å². The van der Waals surface area contributed by atoms with Crippen LogP contribution in [-0.2, 0) is 6.54 Å². The van der Waals surface area contributed by atoms with Crippen molar-refractivity contribution < 1.29 is 19.4 Å². The molecule has 0 spiro atoms. The summed E-state index contributed by atoms with van der Waals surface area (Å²) < 4.78 is 13.7. The molecule has 0 fully saturated rings. The van der Waals surface area contributed by atoms with Gasteiger partial charge in [0.1, 0.15) is 6.61 Å². The Bertz CT molecular complexity index is 624. The van der Waals surface area contributed by atoms with Gasteiger partial charge in [-0.15, -0.1) is 0 Å². The predicted octanol–water partition coefficient (Wildman–Crippen LogP) is 3.43.